The highest BCUT2D eigenvalue weighted by atomic mass is 19.2. The van der Waals surface area contributed by atoms with Crippen LogP contribution in [0.4, 0.5) is 14.5 Å². The van der Waals surface area contributed by atoms with Gasteiger partial charge in [-0.15, -0.1) is 0 Å². The summed E-state index contributed by atoms with van der Waals surface area (Å²) in [4.78, 5) is 28.9. The SMILES string of the molecule is COc1ccccc1N1CCN(C(=O)c2cc(Cc3n[nH]c(=O)c4ccccc34)cc(F)c2F)CC1. The van der Waals surface area contributed by atoms with Crippen molar-refractivity contribution in [1.82, 2.24) is 15.1 Å². The molecule has 1 amide bonds. The third-order valence-electron chi connectivity index (χ3n) is 6.46. The van der Waals surface area contributed by atoms with E-state index in [4.69, 9.17) is 4.74 Å². The molecule has 0 unspecified atom stereocenters. The Morgan fingerprint density at radius 2 is 1.69 bits per heavy atom. The van der Waals surface area contributed by atoms with Crippen LogP contribution in [0.1, 0.15) is 21.6 Å². The number of carbonyl (C=O) groups is 1. The molecule has 0 atom stereocenters. The highest BCUT2D eigenvalue weighted by Crippen LogP contribution is 2.29. The maximum atomic E-state index is 14.8. The highest BCUT2D eigenvalue weighted by Gasteiger charge is 2.27. The zero-order chi connectivity index (χ0) is 25.2. The molecular formula is C27H24F2N4O3. The number of hydrogen-bond acceptors (Lipinski definition) is 5. The number of aromatic nitrogens is 2. The first-order chi connectivity index (χ1) is 17.5. The maximum absolute atomic E-state index is 14.8. The summed E-state index contributed by atoms with van der Waals surface area (Å²) in [5.41, 5.74) is 1.16. The van der Waals surface area contributed by atoms with Crippen LogP contribution in [0.25, 0.3) is 10.8 Å². The zero-order valence-electron chi connectivity index (χ0n) is 19.6. The number of para-hydroxylation sites is 2. The Morgan fingerprint density at radius 3 is 2.44 bits per heavy atom. The lowest BCUT2D eigenvalue weighted by atomic mass is 10.0. The highest BCUT2D eigenvalue weighted by molar-refractivity contribution is 5.95. The number of H-pyrrole nitrogens is 1. The number of fused-ring (bicyclic) bond motifs is 1. The van der Waals surface area contributed by atoms with Gasteiger partial charge in [-0.3, -0.25) is 9.59 Å². The summed E-state index contributed by atoms with van der Waals surface area (Å²) in [5, 5.41) is 7.62. The van der Waals surface area contributed by atoms with E-state index in [9.17, 15) is 18.4 Å². The molecule has 1 fully saturated rings. The van der Waals surface area contributed by atoms with Crippen LogP contribution in [-0.4, -0.2) is 54.3 Å². The van der Waals surface area contributed by atoms with Crippen molar-refractivity contribution in [1.29, 1.82) is 0 Å². The number of carbonyl (C=O) groups excluding carboxylic acids is 1. The summed E-state index contributed by atoms with van der Waals surface area (Å²) in [5.74, 6) is -2.10. The van der Waals surface area contributed by atoms with Gasteiger partial charge in [-0.25, -0.2) is 13.9 Å². The molecule has 0 spiro atoms. The van der Waals surface area contributed by atoms with Crippen LogP contribution in [0, 0.1) is 11.6 Å². The molecule has 0 bridgehead atoms. The Bertz CT molecular complexity index is 1500. The van der Waals surface area contributed by atoms with Crippen molar-refractivity contribution in [3.63, 3.8) is 0 Å². The second kappa shape index (κ2) is 9.77. The van der Waals surface area contributed by atoms with Gasteiger partial charge < -0.3 is 14.5 Å². The third kappa shape index (κ3) is 4.39. The summed E-state index contributed by atoms with van der Waals surface area (Å²) in [6.45, 7) is 1.77. The fraction of sp³-hybridized carbons (Fsp3) is 0.222. The van der Waals surface area contributed by atoms with Crippen molar-refractivity contribution in [2.24, 2.45) is 0 Å². The van der Waals surface area contributed by atoms with Crippen LogP contribution >= 0.6 is 0 Å². The lowest BCUT2D eigenvalue weighted by Crippen LogP contribution is -2.49. The molecule has 0 radical (unpaired) electrons. The summed E-state index contributed by atoms with van der Waals surface area (Å²) in [7, 11) is 1.61. The number of halogens is 2. The van der Waals surface area contributed by atoms with Crippen molar-refractivity contribution >= 4 is 22.4 Å². The van der Waals surface area contributed by atoms with Crippen molar-refractivity contribution in [2.45, 2.75) is 6.42 Å². The molecule has 0 aliphatic carbocycles. The number of anilines is 1. The van der Waals surface area contributed by atoms with Gasteiger partial charge in [0.25, 0.3) is 11.5 Å². The number of amides is 1. The topological polar surface area (TPSA) is 78.5 Å². The Balaban J connectivity index is 1.37. The number of aromatic amines is 1. The molecule has 36 heavy (non-hydrogen) atoms. The Morgan fingerprint density at radius 1 is 1.00 bits per heavy atom. The standard InChI is InChI=1S/C27H24F2N4O3/c1-36-24-9-5-4-8-23(24)32-10-12-33(13-11-32)27(35)20-14-17(15-21(28)25(20)29)16-22-18-6-2-3-7-19(18)26(34)31-30-22/h2-9,14-15H,10-13,16H2,1H3,(H,31,34). The van der Waals surface area contributed by atoms with Crippen LogP contribution in [-0.2, 0) is 6.42 Å². The molecule has 1 saturated heterocycles. The lowest BCUT2D eigenvalue weighted by molar-refractivity contribution is 0.0740. The Kier molecular flexibility index (Phi) is 6.37. The first kappa shape index (κ1) is 23.5. The molecule has 5 rings (SSSR count). The number of benzene rings is 3. The van der Waals surface area contributed by atoms with Crippen LogP contribution < -0.4 is 15.2 Å². The molecule has 3 aromatic carbocycles. The van der Waals surface area contributed by atoms with E-state index in [1.54, 1.807) is 31.4 Å². The summed E-state index contributed by atoms with van der Waals surface area (Å²) >= 11 is 0. The minimum Gasteiger partial charge on any atom is -0.495 e. The van der Waals surface area contributed by atoms with Gasteiger partial charge in [0.2, 0.25) is 0 Å². The van der Waals surface area contributed by atoms with E-state index in [0.717, 1.165) is 17.5 Å². The van der Waals surface area contributed by atoms with Gasteiger partial charge in [0, 0.05) is 38.0 Å². The second-order valence-corrected chi connectivity index (χ2v) is 8.61. The average molecular weight is 491 g/mol. The zero-order valence-corrected chi connectivity index (χ0v) is 19.6. The average Bonchev–Trinajstić information content (AvgIpc) is 2.92. The Hall–Kier alpha value is -4.27. The molecule has 7 nitrogen and oxygen atoms in total. The first-order valence-electron chi connectivity index (χ1n) is 11.6. The number of hydrogen-bond donors (Lipinski definition) is 1. The van der Waals surface area contributed by atoms with E-state index in [2.05, 4.69) is 15.1 Å². The third-order valence-corrected chi connectivity index (χ3v) is 6.46. The van der Waals surface area contributed by atoms with Gasteiger partial charge in [-0.05, 0) is 35.9 Å². The van der Waals surface area contributed by atoms with Crippen molar-refractivity contribution in [2.75, 3.05) is 38.2 Å². The number of ether oxygens (including phenoxy) is 1. The predicted molar refractivity (Wildman–Crippen MR) is 133 cm³/mol. The molecule has 2 heterocycles. The minimum atomic E-state index is -1.17. The van der Waals surface area contributed by atoms with E-state index < -0.39 is 17.5 Å². The first-order valence-corrected chi connectivity index (χ1v) is 11.6. The van der Waals surface area contributed by atoms with Crippen molar-refractivity contribution < 1.29 is 18.3 Å². The van der Waals surface area contributed by atoms with E-state index >= 15 is 0 Å². The van der Waals surface area contributed by atoms with E-state index in [1.807, 2.05) is 24.3 Å². The van der Waals surface area contributed by atoms with Crippen LogP contribution in [0.15, 0.2) is 65.5 Å². The van der Waals surface area contributed by atoms with Crippen molar-refractivity contribution in [3.05, 3.63) is 99.5 Å². The van der Waals surface area contributed by atoms with E-state index in [1.165, 1.54) is 11.0 Å². The lowest BCUT2D eigenvalue weighted by Gasteiger charge is -2.36. The quantitative estimate of drug-likeness (QED) is 0.461. The van der Waals surface area contributed by atoms with Gasteiger partial charge in [-0.2, -0.15) is 5.10 Å². The number of piperazine rings is 1. The number of nitrogens with zero attached hydrogens (tertiary/aromatic N) is 3. The van der Waals surface area contributed by atoms with E-state index in [-0.39, 0.29) is 17.5 Å². The molecule has 1 N–H and O–H groups in total. The summed E-state index contributed by atoms with van der Waals surface area (Å²) in [6, 6.07) is 17.0. The summed E-state index contributed by atoms with van der Waals surface area (Å²) < 4.78 is 34.8. The molecule has 4 aromatic rings. The van der Waals surface area contributed by atoms with Crippen LogP contribution in [0.3, 0.4) is 0 Å². The number of methoxy groups -OCH3 is 1. The minimum absolute atomic E-state index is 0.121. The second-order valence-electron chi connectivity index (χ2n) is 8.61. The molecule has 9 heteroatoms. The van der Waals surface area contributed by atoms with Gasteiger partial charge in [0.15, 0.2) is 11.6 Å². The molecule has 0 saturated carbocycles. The molecule has 1 aromatic heterocycles. The molecular weight excluding hydrogens is 466 g/mol. The summed E-state index contributed by atoms with van der Waals surface area (Å²) in [6.07, 6.45) is 0.121. The molecule has 1 aliphatic heterocycles. The van der Waals surface area contributed by atoms with Crippen LogP contribution in [0.5, 0.6) is 5.75 Å². The normalized spacial score (nSPS) is 13.8. The smallest absolute Gasteiger partial charge is 0.272 e. The van der Waals surface area contributed by atoms with Gasteiger partial charge in [0.1, 0.15) is 5.75 Å². The number of rotatable bonds is 5. The maximum Gasteiger partial charge on any atom is 0.272 e. The van der Waals surface area contributed by atoms with Gasteiger partial charge in [0.05, 0.1) is 29.4 Å². The monoisotopic (exact) mass is 490 g/mol. The number of nitrogens with one attached hydrogen (secondary N) is 1. The van der Waals surface area contributed by atoms with Crippen molar-refractivity contribution in [3.8, 4) is 5.75 Å². The Labute approximate surface area is 205 Å². The predicted octanol–water partition coefficient (Wildman–Crippen LogP) is 3.76. The van der Waals surface area contributed by atoms with Gasteiger partial charge in [-0.1, -0.05) is 30.3 Å². The fourth-order valence-electron chi connectivity index (χ4n) is 4.61. The van der Waals surface area contributed by atoms with E-state index in [0.29, 0.717) is 48.2 Å². The van der Waals surface area contributed by atoms with Crippen LogP contribution in [0.2, 0.25) is 0 Å². The fourth-order valence-corrected chi connectivity index (χ4v) is 4.61. The molecule has 184 valence electrons. The molecule has 1 aliphatic rings. The van der Waals surface area contributed by atoms with Gasteiger partial charge >= 0.3 is 0 Å². The largest absolute Gasteiger partial charge is 0.495 e.